The van der Waals surface area contributed by atoms with Crippen molar-refractivity contribution in [2.45, 2.75) is 6.18 Å². The number of fused-ring (bicyclic) bond motifs is 1. The fourth-order valence-corrected chi connectivity index (χ4v) is 1.93. The van der Waals surface area contributed by atoms with Crippen molar-refractivity contribution in [3.05, 3.63) is 30.0 Å². The van der Waals surface area contributed by atoms with E-state index in [4.69, 9.17) is 5.14 Å². The Morgan fingerprint density at radius 1 is 1.28 bits per heavy atom. The normalized spacial score (nSPS) is 12.9. The summed E-state index contributed by atoms with van der Waals surface area (Å²) < 4.78 is 65.5. The molecule has 18 heavy (non-hydrogen) atoms. The number of halogens is 3. The summed E-state index contributed by atoms with van der Waals surface area (Å²) >= 11 is 0. The quantitative estimate of drug-likeness (QED) is 0.883. The Labute approximate surface area is 99.6 Å². The van der Waals surface area contributed by atoms with Gasteiger partial charge in [0.1, 0.15) is 5.58 Å². The first-order valence-electron chi connectivity index (χ1n) is 4.57. The summed E-state index contributed by atoms with van der Waals surface area (Å²) in [7, 11) is -4.07. The molecule has 5 nitrogen and oxygen atoms in total. The zero-order chi connectivity index (χ0) is 13.6. The van der Waals surface area contributed by atoms with E-state index in [0.717, 1.165) is 0 Å². The molecule has 2 rings (SSSR count). The van der Waals surface area contributed by atoms with Crippen LogP contribution in [0.15, 0.2) is 28.7 Å². The van der Waals surface area contributed by atoms with Gasteiger partial charge < -0.3 is 4.42 Å². The molecule has 0 fully saturated rings. The van der Waals surface area contributed by atoms with Crippen molar-refractivity contribution < 1.29 is 26.0 Å². The standard InChI is InChI=1S/C9H7F3N2O3S/c10-9(11,12)8-4-5-6(14-18(13,15)16)2-1-3-7(5)17-8/h1-4,14H,(H2,13,15,16). The average molecular weight is 280 g/mol. The van der Waals surface area contributed by atoms with Gasteiger partial charge in [0.25, 0.3) is 10.2 Å². The second-order valence-electron chi connectivity index (χ2n) is 3.47. The molecule has 98 valence electrons. The first-order valence-corrected chi connectivity index (χ1v) is 6.12. The highest BCUT2D eigenvalue weighted by atomic mass is 32.2. The zero-order valence-electron chi connectivity index (χ0n) is 8.65. The van der Waals surface area contributed by atoms with Crippen LogP contribution in [0.2, 0.25) is 0 Å². The Kier molecular flexibility index (Phi) is 2.74. The summed E-state index contributed by atoms with van der Waals surface area (Å²) in [6, 6.07) is 4.63. The first kappa shape index (κ1) is 12.7. The lowest BCUT2D eigenvalue weighted by Gasteiger charge is -2.03. The van der Waals surface area contributed by atoms with Gasteiger partial charge in [0, 0.05) is 5.39 Å². The Bertz CT molecular complexity index is 691. The van der Waals surface area contributed by atoms with Gasteiger partial charge in [-0.15, -0.1) is 0 Å². The van der Waals surface area contributed by atoms with Crippen LogP contribution in [0.1, 0.15) is 5.76 Å². The largest absolute Gasteiger partial charge is 0.451 e. The van der Waals surface area contributed by atoms with Gasteiger partial charge in [-0.2, -0.15) is 21.6 Å². The molecule has 0 amide bonds. The van der Waals surface area contributed by atoms with Gasteiger partial charge in [-0.05, 0) is 18.2 Å². The Morgan fingerprint density at radius 3 is 2.50 bits per heavy atom. The molecule has 0 unspecified atom stereocenters. The molecule has 0 saturated heterocycles. The zero-order valence-corrected chi connectivity index (χ0v) is 9.47. The number of benzene rings is 1. The summed E-state index contributed by atoms with van der Waals surface area (Å²) in [6.45, 7) is 0. The third-order valence-corrected chi connectivity index (χ3v) is 2.60. The topological polar surface area (TPSA) is 85.3 Å². The smallest absolute Gasteiger partial charge is 0.449 e. The Balaban J connectivity index is 2.60. The Morgan fingerprint density at radius 2 is 1.94 bits per heavy atom. The molecule has 3 N–H and O–H groups in total. The maximum Gasteiger partial charge on any atom is 0.449 e. The Hall–Kier alpha value is -1.74. The predicted molar refractivity (Wildman–Crippen MR) is 57.9 cm³/mol. The number of anilines is 1. The van der Waals surface area contributed by atoms with Gasteiger partial charge in [0.15, 0.2) is 0 Å². The fraction of sp³-hybridized carbons (Fsp3) is 0.111. The van der Waals surface area contributed by atoms with E-state index < -0.39 is 22.1 Å². The fourth-order valence-electron chi connectivity index (χ4n) is 1.44. The molecule has 0 aliphatic heterocycles. The van der Waals surface area contributed by atoms with Crippen molar-refractivity contribution in [1.29, 1.82) is 0 Å². The van der Waals surface area contributed by atoms with Crippen molar-refractivity contribution in [2.24, 2.45) is 5.14 Å². The van der Waals surface area contributed by atoms with E-state index in [0.29, 0.717) is 6.07 Å². The van der Waals surface area contributed by atoms with Crippen molar-refractivity contribution in [1.82, 2.24) is 0 Å². The number of hydrogen-bond acceptors (Lipinski definition) is 3. The minimum absolute atomic E-state index is 0.0150. The van der Waals surface area contributed by atoms with E-state index >= 15 is 0 Å². The molecule has 0 saturated carbocycles. The van der Waals surface area contributed by atoms with Gasteiger partial charge in [-0.3, -0.25) is 4.72 Å². The average Bonchev–Trinajstić information content (AvgIpc) is 2.59. The minimum Gasteiger partial charge on any atom is -0.451 e. The lowest BCUT2D eigenvalue weighted by Crippen LogP contribution is -2.21. The highest BCUT2D eigenvalue weighted by molar-refractivity contribution is 7.90. The molecule has 9 heteroatoms. The van der Waals surface area contributed by atoms with Gasteiger partial charge in [0.05, 0.1) is 5.69 Å². The van der Waals surface area contributed by atoms with E-state index in [1.165, 1.54) is 18.2 Å². The number of rotatable bonds is 2. The van der Waals surface area contributed by atoms with E-state index in [2.05, 4.69) is 4.42 Å². The second-order valence-corrected chi connectivity index (χ2v) is 4.77. The van der Waals surface area contributed by atoms with Gasteiger partial charge in [-0.25, -0.2) is 5.14 Å². The SMILES string of the molecule is NS(=O)(=O)Nc1cccc2oc(C(F)(F)F)cc12. The molecule has 0 aliphatic rings. The minimum atomic E-state index is -4.64. The number of nitrogens with two attached hydrogens (primary N) is 1. The molecular weight excluding hydrogens is 273 g/mol. The van der Waals surface area contributed by atoms with Crippen LogP contribution in [0.4, 0.5) is 18.9 Å². The third kappa shape index (κ3) is 2.57. The van der Waals surface area contributed by atoms with Crippen molar-refractivity contribution in [3.8, 4) is 0 Å². The monoisotopic (exact) mass is 280 g/mol. The lowest BCUT2D eigenvalue weighted by atomic mass is 10.2. The van der Waals surface area contributed by atoms with Crippen LogP contribution in [0.25, 0.3) is 11.0 Å². The molecule has 0 aliphatic carbocycles. The maximum atomic E-state index is 12.4. The lowest BCUT2D eigenvalue weighted by molar-refractivity contribution is -0.152. The van der Waals surface area contributed by atoms with E-state index in [9.17, 15) is 21.6 Å². The van der Waals surface area contributed by atoms with Crippen LogP contribution in [0.5, 0.6) is 0 Å². The van der Waals surface area contributed by atoms with E-state index in [-0.39, 0.29) is 16.7 Å². The number of alkyl halides is 3. The molecular formula is C9H7F3N2O3S. The maximum absolute atomic E-state index is 12.4. The summed E-state index contributed by atoms with van der Waals surface area (Å²) in [4.78, 5) is 0. The highest BCUT2D eigenvalue weighted by Crippen LogP contribution is 2.36. The molecule has 1 aromatic carbocycles. The molecule has 0 bridgehead atoms. The molecule has 1 aromatic heterocycles. The number of nitrogens with one attached hydrogen (secondary N) is 1. The van der Waals surface area contributed by atoms with Crippen molar-refractivity contribution in [2.75, 3.05) is 4.72 Å². The molecule has 0 radical (unpaired) electrons. The van der Waals surface area contributed by atoms with Crippen LogP contribution in [-0.2, 0) is 16.4 Å². The molecule has 0 spiro atoms. The first-order chi connectivity index (χ1) is 8.17. The predicted octanol–water partition coefficient (Wildman–Crippen LogP) is 2.07. The van der Waals surface area contributed by atoms with Crippen LogP contribution in [0, 0.1) is 0 Å². The summed E-state index contributed by atoms with van der Waals surface area (Å²) in [6.07, 6.45) is -4.64. The van der Waals surface area contributed by atoms with Crippen molar-refractivity contribution >= 4 is 26.9 Å². The van der Waals surface area contributed by atoms with Crippen LogP contribution in [-0.4, -0.2) is 8.42 Å². The summed E-state index contributed by atoms with van der Waals surface area (Å²) in [5, 5.41) is 4.74. The number of furan rings is 1. The van der Waals surface area contributed by atoms with Gasteiger partial charge in [0.2, 0.25) is 5.76 Å². The summed E-state index contributed by atoms with van der Waals surface area (Å²) in [5.41, 5.74) is -0.162. The van der Waals surface area contributed by atoms with Gasteiger partial charge >= 0.3 is 6.18 Å². The van der Waals surface area contributed by atoms with Crippen LogP contribution in [0.3, 0.4) is 0 Å². The van der Waals surface area contributed by atoms with Crippen LogP contribution >= 0.6 is 0 Å². The van der Waals surface area contributed by atoms with E-state index in [1.807, 2.05) is 4.72 Å². The molecule has 2 aromatic rings. The highest BCUT2D eigenvalue weighted by Gasteiger charge is 2.35. The van der Waals surface area contributed by atoms with Crippen LogP contribution < -0.4 is 9.86 Å². The number of hydrogen-bond donors (Lipinski definition) is 2. The molecule has 0 atom stereocenters. The van der Waals surface area contributed by atoms with E-state index in [1.54, 1.807) is 0 Å². The van der Waals surface area contributed by atoms with Crippen molar-refractivity contribution in [3.63, 3.8) is 0 Å². The molecule has 1 heterocycles. The second kappa shape index (κ2) is 3.89. The third-order valence-electron chi connectivity index (χ3n) is 2.09. The van der Waals surface area contributed by atoms with Gasteiger partial charge in [-0.1, -0.05) is 6.07 Å². The summed E-state index contributed by atoms with van der Waals surface area (Å²) in [5.74, 6) is -1.21.